The van der Waals surface area contributed by atoms with Crippen molar-refractivity contribution in [3.63, 3.8) is 0 Å². The predicted molar refractivity (Wildman–Crippen MR) is 71.8 cm³/mol. The molecule has 0 fully saturated rings. The van der Waals surface area contributed by atoms with Crippen LogP contribution in [0.3, 0.4) is 0 Å². The minimum atomic E-state index is -0.000980. The lowest BCUT2D eigenvalue weighted by molar-refractivity contribution is 0.270. The van der Waals surface area contributed by atoms with E-state index in [1.54, 1.807) is 10.6 Å². The Kier molecular flexibility index (Phi) is 4.55. The van der Waals surface area contributed by atoms with Crippen LogP contribution in [0.2, 0.25) is 0 Å². The Morgan fingerprint density at radius 3 is 3.06 bits per heavy atom. The summed E-state index contributed by atoms with van der Waals surface area (Å²) in [5.74, 6) is 0. The summed E-state index contributed by atoms with van der Waals surface area (Å²) < 4.78 is 1.73. The summed E-state index contributed by atoms with van der Waals surface area (Å²) >= 11 is 0. The van der Waals surface area contributed by atoms with Gasteiger partial charge in [0.05, 0.1) is 6.61 Å². The number of fused-ring (bicyclic) bond motifs is 1. The number of pyridine rings is 1. The number of nitrogens with one attached hydrogen (secondary N) is 1. The van der Waals surface area contributed by atoms with Gasteiger partial charge < -0.3 is 15.0 Å². The van der Waals surface area contributed by atoms with Gasteiger partial charge in [-0.25, -0.2) is 0 Å². The van der Waals surface area contributed by atoms with Crippen molar-refractivity contribution >= 4 is 0 Å². The predicted octanol–water partition coefficient (Wildman–Crippen LogP) is 1.22. The molecule has 1 heterocycles. The summed E-state index contributed by atoms with van der Waals surface area (Å²) in [5, 5.41) is 12.6. The van der Waals surface area contributed by atoms with Crippen LogP contribution in [-0.2, 0) is 13.0 Å². The molecule has 1 atom stereocenters. The number of aliphatic hydroxyl groups is 1. The maximum atomic E-state index is 11.8. The Bertz CT molecular complexity index is 454. The van der Waals surface area contributed by atoms with Crippen LogP contribution < -0.4 is 10.9 Å². The Hall–Kier alpha value is -1.13. The highest BCUT2D eigenvalue weighted by molar-refractivity contribution is 5.27. The molecular formula is C14H22N2O2. The Morgan fingerprint density at radius 1 is 1.50 bits per heavy atom. The van der Waals surface area contributed by atoms with Crippen LogP contribution in [-0.4, -0.2) is 22.8 Å². The molecule has 100 valence electrons. The van der Waals surface area contributed by atoms with Crippen LogP contribution in [0, 0.1) is 0 Å². The molecule has 0 bridgehead atoms. The van der Waals surface area contributed by atoms with Crippen molar-refractivity contribution in [3.05, 3.63) is 33.7 Å². The molecule has 4 nitrogen and oxygen atoms in total. The standard InChI is InChI=1S/C14H22N2O2/c1-2-8-15-12-4-3-5-13-11(12)6-7-14(18)16(13)9-10-17/h6-7,12,15,17H,2-5,8-10H2,1H3. The maximum absolute atomic E-state index is 11.8. The smallest absolute Gasteiger partial charge is 0.250 e. The first-order valence-electron chi connectivity index (χ1n) is 6.84. The van der Waals surface area contributed by atoms with Gasteiger partial charge in [-0.3, -0.25) is 4.79 Å². The molecule has 0 aliphatic heterocycles. The fraction of sp³-hybridized carbons (Fsp3) is 0.643. The van der Waals surface area contributed by atoms with Crippen LogP contribution >= 0.6 is 0 Å². The van der Waals surface area contributed by atoms with Crippen LogP contribution in [0.4, 0.5) is 0 Å². The second-order valence-corrected chi connectivity index (χ2v) is 4.85. The number of hydrogen-bond acceptors (Lipinski definition) is 3. The zero-order valence-corrected chi connectivity index (χ0v) is 11.0. The topological polar surface area (TPSA) is 54.3 Å². The highest BCUT2D eigenvalue weighted by Crippen LogP contribution is 2.28. The number of hydrogen-bond donors (Lipinski definition) is 2. The van der Waals surface area contributed by atoms with Gasteiger partial charge in [-0.05, 0) is 37.8 Å². The van der Waals surface area contributed by atoms with Crippen molar-refractivity contribution in [3.8, 4) is 0 Å². The van der Waals surface area contributed by atoms with E-state index < -0.39 is 0 Å². The lowest BCUT2D eigenvalue weighted by atomic mass is 9.90. The number of aromatic nitrogens is 1. The van der Waals surface area contributed by atoms with Crippen LogP contribution in [0.15, 0.2) is 16.9 Å². The largest absolute Gasteiger partial charge is 0.395 e. The second kappa shape index (κ2) is 6.16. The molecule has 1 aromatic rings. The lowest BCUT2D eigenvalue weighted by Crippen LogP contribution is -2.32. The normalized spacial score (nSPS) is 18.7. The minimum absolute atomic E-state index is 0.000980. The van der Waals surface area contributed by atoms with Crippen LogP contribution in [0.25, 0.3) is 0 Å². The zero-order valence-electron chi connectivity index (χ0n) is 11.0. The van der Waals surface area contributed by atoms with Crippen molar-refractivity contribution in [1.82, 2.24) is 9.88 Å². The molecule has 0 spiro atoms. The van der Waals surface area contributed by atoms with E-state index in [1.807, 2.05) is 6.07 Å². The molecular weight excluding hydrogens is 228 g/mol. The van der Waals surface area contributed by atoms with E-state index in [1.165, 1.54) is 5.56 Å². The molecule has 1 aromatic heterocycles. The molecule has 1 unspecified atom stereocenters. The third-order valence-corrected chi connectivity index (χ3v) is 3.58. The van der Waals surface area contributed by atoms with E-state index in [4.69, 9.17) is 5.11 Å². The summed E-state index contributed by atoms with van der Waals surface area (Å²) in [5.41, 5.74) is 2.35. The number of rotatable bonds is 5. The zero-order chi connectivity index (χ0) is 13.0. The van der Waals surface area contributed by atoms with Gasteiger partial charge in [-0.1, -0.05) is 13.0 Å². The van der Waals surface area contributed by atoms with Crippen LogP contribution in [0.5, 0.6) is 0 Å². The minimum Gasteiger partial charge on any atom is -0.395 e. The van der Waals surface area contributed by atoms with Crippen molar-refractivity contribution in [1.29, 1.82) is 0 Å². The maximum Gasteiger partial charge on any atom is 0.250 e. The second-order valence-electron chi connectivity index (χ2n) is 4.85. The summed E-state index contributed by atoms with van der Waals surface area (Å²) in [6, 6.07) is 3.94. The third kappa shape index (κ3) is 2.65. The van der Waals surface area contributed by atoms with Crippen molar-refractivity contribution in [2.45, 2.75) is 45.2 Å². The van der Waals surface area contributed by atoms with E-state index in [0.29, 0.717) is 12.6 Å². The molecule has 1 aliphatic rings. The Labute approximate surface area is 108 Å². The average molecular weight is 250 g/mol. The monoisotopic (exact) mass is 250 g/mol. The van der Waals surface area contributed by atoms with Gasteiger partial charge in [0, 0.05) is 24.3 Å². The van der Waals surface area contributed by atoms with E-state index in [0.717, 1.165) is 37.9 Å². The molecule has 2 rings (SSSR count). The van der Waals surface area contributed by atoms with Gasteiger partial charge in [-0.15, -0.1) is 0 Å². The number of aliphatic hydroxyl groups excluding tert-OH is 1. The summed E-state index contributed by atoms with van der Waals surface area (Å²) in [4.78, 5) is 11.8. The SMILES string of the molecule is CCCNC1CCCc2c1ccc(=O)n2CCO. The van der Waals surface area contributed by atoms with Crippen molar-refractivity contribution < 1.29 is 5.11 Å². The first-order chi connectivity index (χ1) is 8.77. The van der Waals surface area contributed by atoms with Crippen LogP contribution in [0.1, 0.15) is 43.5 Å². The Balaban J connectivity index is 2.34. The molecule has 0 saturated heterocycles. The van der Waals surface area contributed by atoms with Crippen molar-refractivity contribution in [2.75, 3.05) is 13.2 Å². The average Bonchev–Trinajstić information content (AvgIpc) is 2.39. The quantitative estimate of drug-likeness (QED) is 0.826. The summed E-state index contributed by atoms with van der Waals surface area (Å²) in [7, 11) is 0. The van der Waals surface area contributed by atoms with E-state index >= 15 is 0 Å². The molecule has 0 saturated carbocycles. The summed E-state index contributed by atoms with van der Waals surface area (Å²) in [6.07, 6.45) is 4.28. The molecule has 1 aliphatic carbocycles. The highest BCUT2D eigenvalue weighted by Gasteiger charge is 2.22. The molecule has 0 aromatic carbocycles. The summed E-state index contributed by atoms with van der Waals surface area (Å²) in [6.45, 7) is 3.58. The van der Waals surface area contributed by atoms with E-state index in [2.05, 4.69) is 12.2 Å². The van der Waals surface area contributed by atoms with Gasteiger partial charge in [0.25, 0.3) is 5.56 Å². The molecule has 18 heavy (non-hydrogen) atoms. The Morgan fingerprint density at radius 2 is 2.33 bits per heavy atom. The highest BCUT2D eigenvalue weighted by atomic mass is 16.3. The molecule has 0 amide bonds. The first-order valence-corrected chi connectivity index (χ1v) is 6.84. The molecule has 0 radical (unpaired) electrons. The number of nitrogens with zero attached hydrogens (tertiary/aromatic N) is 1. The van der Waals surface area contributed by atoms with Crippen molar-refractivity contribution in [2.24, 2.45) is 0 Å². The van der Waals surface area contributed by atoms with Gasteiger partial charge in [0.15, 0.2) is 0 Å². The third-order valence-electron chi connectivity index (χ3n) is 3.58. The fourth-order valence-corrected chi connectivity index (χ4v) is 2.74. The lowest BCUT2D eigenvalue weighted by Gasteiger charge is -2.28. The fourth-order valence-electron chi connectivity index (χ4n) is 2.74. The van der Waals surface area contributed by atoms with Gasteiger partial charge in [0.2, 0.25) is 0 Å². The molecule has 2 N–H and O–H groups in total. The van der Waals surface area contributed by atoms with E-state index in [9.17, 15) is 4.79 Å². The van der Waals surface area contributed by atoms with Gasteiger partial charge >= 0.3 is 0 Å². The molecule has 4 heteroatoms. The van der Waals surface area contributed by atoms with Gasteiger partial charge in [-0.2, -0.15) is 0 Å². The van der Waals surface area contributed by atoms with E-state index in [-0.39, 0.29) is 12.2 Å². The van der Waals surface area contributed by atoms with Gasteiger partial charge in [0.1, 0.15) is 0 Å². The first kappa shape index (κ1) is 13.3.